The molecule has 2 N–H and O–H groups in total. The van der Waals surface area contributed by atoms with Gasteiger partial charge in [-0.1, -0.05) is 45.0 Å². The van der Waals surface area contributed by atoms with Crippen molar-refractivity contribution in [3.63, 3.8) is 0 Å². The van der Waals surface area contributed by atoms with Crippen LogP contribution in [-0.4, -0.2) is 17.7 Å². The van der Waals surface area contributed by atoms with Gasteiger partial charge in [0.1, 0.15) is 5.60 Å². The van der Waals surface area contributed by atoms with E-state index in [9.17, 15) is 4.79 Å². The molecule has 0 saturated heterocycles. The first-order valence-electron chi connectivity index (χ1n) is 9.33. The quantitative estimate of drug-likeness (QED) is 0.817. The van der Waals surface area contributed by atoms with Gasteiger partial charge in [0.25, 0.3) is 0 Å². The summed E-state index contributed by atoms with van der Waals surface area (Å²) in [5.74, 6) is 0.696. The van der Waals surface area contributed by atoms with Gasteiger partial charge in [0, 0.05) is 19.1 Å². The summed E-state index contributed by atoms with van der Waals surface area (Å²) in [6.07, 6.45) is 2.11. The van der Waals surface area contributed by atoms with Crippen LogP contribution in [0, 0.1) is 11.3 Å². The molecule has 1 aliphatic rings. The minimum absolute atomic E-state index is 0.374. The number of benzene rings is 1. The van der Waals surface area contributed by atoms with Crippen molar-refractivity contribution in [2.45, 2.75) is 79.1 Å². The smallest absolute Gasteiger partial charge is 0.407 e. The Morgan fingerprint density at radius 2 is 1.76 bits per heavy atom. The first-order chi connectivity index (χ1) is 11.6. The molecule has 0 radical (unpaired) electrons. The maximum absolute atomic E-state index is 11.9. The fourth-order valence-electron chi connectivity index (χ4n) is 3.79. The second-order valence-corrected chi connectivity index (χ2v) is 9.16. The van der Waals surface area contributed by atoms with Crippen molar-refractivity contribution < 1.29 is 9.53 Å². The van der Waals surface area contributed by atoms with Crippen LogP contribution >= 0.6 is 0 Å². The lowest BCUT2D eigenvalue weighted by atomic mass is 9.91. The number of nitrogens with one attached hydrogen (secondary N) is 2. The van der Waals surface area contributed by atoms with Gasteiger partial charge in [-0.15, -0.1) is 0 Å². The number of rotatable bonds is 5. The van der Waals surface area contributed by atoms with E-state index in [0.29, 0.717) is 23.9 Å². The zero-order valence-corrected chi connectivity index (χ0v) is 16.6. The first-order valence-corrected chi connectivity index (χ1v) is 9.33. The molecule has 2 rings (SSSR count). The van der Waals surface area contributed by atoms with Gasteiger partial charge in [0.2, 0.25) is 0 Å². The van der Waals surface area contributed by atoms with E-state index in [1.54, 1.807) is 0 Å². The van der Waals surface area contributed by atoms with Crippen molar-refractivity contribution in [2.24, 2.45) is 11.3 Å². The molecule has 0 heterocycles. The highest BCUT2D eigenvalue weighted by molar-refractivity contribution is 5.67. The largest absolute Gasteiger partial charge is 0.444 e. The van der Waals surface area contributed by atoms with Crippen molar-refractivity contribution in [1.29, 1.82) is 0 Å². The molecule has 0 aliphatic heterocycles. The predicted molar refractivity (Wildman–Crippen MR) is 102 cm³/mol. The van der Waals surface area contributed by atoms with Gasteiger partial charge >= 0.3 is 6.09 Å². The van der Waals surface area contributed by atoms with E-state index >= 15 is 0 Å². The van der Waals surface area contributed by atoms with Crippen molar-refractivity contribution in [2.75, 3.05) is 0 Å². The van der Waals surface area contributed by atoms with Crippen LogP contribution in [0.3, 0.4) is 0 Å². The van der Waals surface area contributed by atoms with E-state index in [-0.39, 0.29) is 6.09 Å². The normalized spacial score (nSPS) is 22.6. The highest BCUT2D eigenvalue weighted by Gasteiger charge is 2.36. The van der Waals surface area contributed by atoms with E-state index < -0.39 is 5.60 Å². The van der Waals surface area contributed by atoms with Crippen LogP contribution < -0.4 is 10.6 Å². The molecule has 1 aliphatic carbocycles. The van der Waals surface area contributed by atoms with Crippen molar-refractivity contribution in [1.82, 2.24) is 10.6 Å². The minimum atomic E-state index is -0.476. The minimum Gasteiger partial charge on any atom is -0.444 e. The number of carbonyl (C=O) groups excluding carboxylic acids is 1. The van der Waals surface area contributed by atoms with Crippen LogP contribution in [0.4, 0.5) is 4.79 Å². The summed E-state index contributed by atoms with van der Waals surface area (Å²) < 4.78 is 5.31. The van der Waals surface area contributed by atoms with Crippen molar-refractivity contribution >= 4 is 6.09 Å². The third-order valence-electron chi connectivity index (χ3n) is 4.83. The van der Waals surface area contributed by atoms with E-state index in [1.807, 2.05) is 26.8 Å². The van der Waals surface area contributed by atoms with Crippen LogP contribution in [0.1, 0.15) is 65.5 Å². The summed E-state index contributed by atoms with van der Waals surface area (Å²) in [4.78, 5) is 11.9. The molecule has 25 heavy (non-hydrogen) atoms. The lowest BCUT2D eigenvalue weighted by molar-refractivity contribution is 0.0523. The molecule has 1 fully saturated rings. The summed E-state index contributed by atoms with van der Waals surface area (Å²) in [6, 6.07) is 8.81. The van der Waals surface area contributed by atoms with Gasteiger partial charge in [-0.25, -0.2) is 4.79 Å². The predicted octanol–water partition coefficient (Wildman–Crippen LogP) is 4.63. The Balaban J connectivity index is 1.91. The van der Waals surface area contributed by atoms with E-state index in [4.69, 9.17) is 4.74 Å². The van der Waals surface area contributed by atoms with Crippen molar-refractivity contribution in [3.8, 4) is 0 Å². The number of carbonyl (C=O) groups is 1. The van der Waals surface area contributed by atoms with Gasteiger partial charge in [0.15, 0.2) is 0 Å². The second-order valence-electron chi connectivity index (χ2n) is 9.16. The van der Waals surface area contributed by atoms with Crippen LogP contribution in [0.2, 0.25) is 0 Å². The second kappa shape index (κ2) is 7.77. The average molecular weight is 347 g/mol. The number of hydrogen-bond acceptors (Lipinski definition) is 3. The van der Waals surface area contributed by atoms with Gasteiger partial charge in [-0.3, -0.25) is 0 Å². The van der Waals surface area contributed by atoms with Gasteiger partial charge < -0.3 is 15.4 Å². The molecule has 0 spiro atoms. The summed E-state index contributed by atoms with van der Waals surface area (Å²) >= 11 is 0. The zero-order chi connectivity index (χ0) is 18.7. The van der Waals surface area contributed by atoms with Gasteiger partial charge in [-0.05, 0) is 56.1 Å². The molecule has 1 saturated carbocycles. The number of ether oxygens (including phenoxy) is 1. The summed E-state index contributed by atoms with van der Waals surface area (Å²) in [7, 11) is 0. The molecule has 1 aromatic carbocycles. The monoisotopic (exact) mass is 346 g/mol. The molecule has 1 aromatic rings. The molecule has 0 bridgehead atoms. The summed E-state index contributed by atoms with van der Waals surface area (Å²) in [6.45, 7) is 14.0. The first kappa shape index (κ1) is 19.8. The molecule has 4 heteroatoms. The summed E-state index contributed by atoms with van der Waals surface area (Å²) in [5, 5.41) is 6.58. The van der Waals surface area contributed by atoms with Crippen LogP contribution in [0.25, 0.3) is 0 Å². The van der Waals surface area contributed by atoms with Gasteiger partial charge in [0.05, 0.1) is 0 Å². The Morgan fingerprint density at radius 3 is 2.28 bits per heavy atom. The fourth-order valence-corrected chi connectivity index (χ4v) is 3.79. The molecule has 140 valence electrons. The summed E-state index contributed by atoms with van der Waals surface area (Å²) in [5.41, 5.74) is 2.31. The van der Waals surface area contributed by atoms with Gasteiger partial charge in [-0.2, -0.15) is 0 Å². The third-order valence-corrected chi connectivity index (χ3v) is 4.83. The molecule has 2 atom stereocenters. The van der Waals surface area contributed by atoms with Crippen molar-refractivity contribution in [3.05, 3.63) is 35.4 Å². The lowest BCUT2D eigenvalue weighted by Gasteiger charge is -2.21. The molecule has 2 unspecified atom stereocenters. The van der Waals surface area contributed by atoms with E-state index in [2.05, 4.69) is 49.6 Å². The molecular formula is C21H34N2O2. The maximum atomic E-state index is 11.9. The van der Waals surface area contributed by atoms with E-state index in [1.165, 1.54) is 18.4 Å². The zero-order valence-electron chi connectivity index (χ0n) is 16.6. The Bertz CT molecular complexity index is 590. The Labute approximate surface area is 152 Å². The fraction of sp³-hybridized carbons (Fsp3) is 0.667. The number of amides is 1. The SMILES string of the molecule is CC1CC(C)(C)CC1NCc1ccccc1CNC(=O)OC(C)(C)C. The van der Waals surface area contributed by atoms with E-state index in [0.717, 1.165) is 12.1 Å². The molecule has 4 nitrogen and oxygen atoms in total. The topological polar surface area (TPSA) is 50.4 Å². The Kier molecular flexibility index (Phi) is 6.15. The molecular weight excluding hydrogens is 312 g/mol. The highest BCUT2D eigenvalue weighted by atomic mass is 16.6. The Hall–Kier alpha value is -1.55. The molecule has 1 amide bonds. The van der Waals surface area contributed by atoms with Crippen LogP contribution in [-0.2, 0) is 17.8 Å². The number of hydrogen-bond donors (Lipinski definition) is 2. The number of alkyl carbamates (subject to hydrolysis) is 1. The maximum Gasteiger partial charge on any atom is 0.407 e. The highest BCUT2D eigenvalue weighted by Crippen LogP contribution is 2.40. The average Bonchev–Trinajstić information content (AvgIpc) is 2.74. The standard InChI is InChI=1S/C21H34N2O2/c1-15-11-21(5,6)12-18(15)22-13-16-9-7-8-10-17(16)14-23-19(24)25-20(2,3)4/h7-10,15,18,22H,11-14H2,1-6H3,(H,23,24). The molecule has 0 aromatic heterocycles. The third kappa shape index (κ3) is 6.35. The Morgan fingerprint density at radius 1 is 1.16 bits per heavy atom. The van der Waals surface area contributed by atoms with Crippen LogP contribution in [0.15, 0.2) is 24.3 Å². The lowest BCUT2D eigenvalue weighted by Crippen LogP contribution is -2.33. The van der Waals surface area contributed by atoms with Crippen LogP contribution in [0.5, 0.6) is 0 Å².